The highest BCUT2D eigenvalue weighted by Crippen LogP contribution is 2.18. The second-order valence-electron chi connectivity index (χ2n) is 6.06. The molecule has 0 unspecified atom stereocenters. The monoisotopic (exact) mass is 379 g/mol. The summed E-state index contributed by atoms with van der Waals surface area (Å²) in [5.74, 6) is -0.408. The number of hydrogen-bond acceptors (Lipinski definition) is 3. The smallest absolute Gasteiger partial charge is 0.257 e. The first-order valence-electron chi connectivity index (χ1n) is 8.32. The van der Waals surface area contributed by atoms with E-state index in [0.717, 1.165) is 5.56 Å². The molecule has 3 rings (SSSR count). The summed E-state index contributed by atoms with van der Waals surface area (Å²) in [5.41, 5.74) is 3.07. The summed E-state index contributed by atoms with van der Waals surface area (Å²) in [5, 5.41) is 7.38. The fraction of sp³-hybridized carbons (Fsp3) is 0.0952. The van der Waals surface area contributed by atoms with Crippen LogP contribution in [0.1, 0.15) is 32.0 Å². The van der Waals surface area contributed by atoms with Crippen LogP contribution in [0.25, 0.3) is 6.08 Å². The van der Waals surface area contributed by atoms with Gasteiger partial charge in [0.1, 0.15) is 0 Å². The number of carbonyl (C=O) groups is 2. The van der Waals surface area contributed by atoms with E-state index < -0.39 is 0 Å². The lowest BCUT2D eigenvalue weighted by Gasteiger charge is -2.07. The Morgan fingerprint density at radius 2 is 1.89 bits per heavy atom. The van der Waals surface area contributed by atoms with Gasteiger partial charge in [0.15, 0.2) is 5.78 Å². The summed E-state index contributed by atoms with van der Waals surface area (Å²) in [6, 6.07) is 14.1. The molecule has 27 heavy (non-hydrogen) atoms. The zero-order valence-electron chi connectivity index (χ0n) is 14.9. The van der Waals surface area contributed by atoms with E-state index in [4.69, 9.17) is 11.6 Å². The van der Waals surface area contributed by atoms with Gasteiger partial charge in [0.05, 0.1) is 21.8 Å². The normalized spacial score (nSPS) is 10.9. The van der Waals surface area contributed by atoms with Crippen molar-refractivity contribution >= 4 is 35.1 Å². The Balaban J connectivity index is 1.74. The van der Waals surface area contributed by atoms with Crippen molar-refractivity contribution < 1.29 is 9.59 Å². The fourth-order valence-corrected chi connectivity index (χ4v) is 2.89. The first kappa shape index (κ1) is 18.6. The van der Waals surface area contributed by atoms with E-state index in [1.54, 1.807) is 67.3 Å². The predicted molar refractivity (Wildman–Crippen MR) is 107 cm³/mol. The molecule has 0 bridgehead atoms. The van der Waals surface area contributed by atoms with Gasteiger partial charge < -0.3 is 5.32 Å². The van der Waals surface area contributed by atoms with Gasteiger partial charge in [-0.05, 0) is 42.8 Å². The highest BCUT2D eigenvalue weighted by Gasteiger charge is 2.11. The molecule has 0 fully saturated rings. The first-order valence-corrected chi connectivity index (χ1v) is 8.70. The Bertz CT molecular complexity index is 1040. The van der Waals surface area contributed by atoms with Crippen LogP contribution in [0.2, 0.25) is 5.02 Å². The molecule has 1 aromatic heterocycles. The van der Waals surface area contributed by atoms with Crippen molar-refractivity contribution in [3.8, 4) is 0 Å². The maximum Gasteiger partial charge on any atom is 0.257 e. The van der Waals surface area contributed by atoms with Crippen molar-refractivity contribution in [2.24, 2.45) is 7.05 Å². The first-order chi connectivity index (χ1) is 12.9. The Morgan fingerprint density at radius 3 is 2.59 bits per heavy atom. The van der Waals surface area contributed by atoms with Crippen molar-refractivity contribution in [3.63, 3.8) is 0 Å². The number of aryl methyl sites for hydroxylation is 2. The summed E-state index contributed by atoms with van der Waals surface area (Å²) in [6.07, 6.45) is 4.90. The standard InChI is InChI=1S/C21H18ClN3O2/c1-14-18(13-25(2)24-14)20(26)11-10-15-6-5-7-16(12-15)23-21(27)17-8-3-4-9-19(17)22/h3-13H,1-2H3,(H,23,27). The summed E-state index contributed by atoms with van der Waals surface area (Å²) in [4.78, 5) is 24.7. The summed E-state index contributed by atoms with van der Waals surface area (Å²) in [6.45, 7) is 1.80. The number of allylic oxidation sites excluding steroid dienone is 1. The summed E-state index contributed by atoms with van der Waals surface area (Å²) >= 11 is 6.06. The van der Waals surface area contributed by atoms with Crippen molar-refractivity contribution in [1.29, 1.82) is 0 Å². The van der Waals surface area contributed by atoms with E-state index in [9.17, 15) is 9.59 Å². The number of anilines is 1. The van der Waals surface area contributed by atoms with Gasteiger partial charge in [-0.25, -0.2) is 0 Å². The van der Waals surface area contributed by atoms with Crippen LogP contribution in [0.3, 0.4) is 0 Å². The van der Waals surface area contributed by atoms with Gasteiger partial charge >= 0.3 is 0 Å². The summed E-state index contributed by atoms with van der Waals surface area (Å²) in [7, 11) is 1.78. The van der Waals surface area contributed by atoms with Crippen LogP contribution in [0, 0.1) is 6.92 Å². The van der Waals surface area contributed by atoms with Crippen molar-refractivity contribution in [3.05, 3.63) is 88.2 Å². The number of carbonyl (C=O) groups excluding carboxylic acids is 2. The van der Waals surface area contributed by atoms with Gasteiger partial charge in [-0.2, -0.15) is 5.10 Å². The van der Waals surface area contributed by atoms with E-state index in [2.05, 4.69) is 10.4 Å². The van der Waals surface area contributed by atoms with Crippen molar-refractivity contribution in [1.82, 2.24) is 9.78 Å². The molecule has 0 atom stereocenters. The molecule has 0 aliphatic rings. The third-order valence-electron chi connectivity index (χ3n) is 3.97. The van der Waals surface area contributed by atoms with Crippen LogP contribution in [-0.2, 0) is 7.05 Å². The van der Waals surface area contributed by atoms with Gasteiger partial charge in [-0.3, -0.25) is 14.3 Å². The van der Waals surface area contributed by atoms with Gasteiger partial charge in [-0.15, -0.1) is 0 Å². The SMILES string of the molecule is Cc1nn(C)cc1C(=O)C=Cc1cccc(NC(=O)c2ccccc2Cl)c1. The Kier molecular flexibility index (Phi) is 5.52. The summed E-state index contributed by atoms with van der Waals surface area (Å²) < 4.78 is 1.61. The predicted octanol–water partition coefficient (Wildman–Crippen LogP) is 4.53. The van der Waals surface area contributed by atoms with E-state index in [1.165, 1.54) is 6.08 Å². The minimum Gasteiger partial charge on any atom is -0.322 e. The second-order valence-corrected chi connectivity index (χ2v) is 6.47. The third kappa shape index (κ3) is 4.51. The molecule has 3 aromatic rings. The highest BCUT2D eigenvalue weighted by molar-refractivity contribution is 6.34. The number of amides is 1. The molecule has 5 nitrogen and oxygen atoms in total. The molecule has 2 aromatic carbocycles. The van der Waals surface area contributed by atoms with E-state index in [1.807, 2.05) is 12.1 Å². The van der Waals surface area contributed by atoms with E-state index in [0.29, 0.717) is 27.5 Å². The van der Waals surface area contributed by atoms with Crippen molar-refractivity contribution in [2.45, 2.75) is 6.92 Å². The van der Waals surface area contributed by atoms with Crippen LogP contribution in [0.5, 0.6) is 0 Å². The minimum absolute atomic E-state index is 0.119. The van der Waals surface area contributed by atoms with Gasteiger partial charge in [0, 0.05) is 18.9 Å². The average molecular weight is 380 g/mol. The lowest BCUT2D eigenvalue weighted by molar-refractivity contribution is 0.102. The fourth-order valence-electron chi connectivity index (χ4n) is 2.67. The molecule has 6 heteroatoms. The number of rotatable bonds is 5. The number of halogens is 1. The van der Waals surface area contributed by atoms with Crippen LogP contribution < -0.4 is 5.32 Å². The molecular weight excluding hydrogens is 362 g/mol. The Morgan fingerprint density at radius 1 is 1.11 bits per heavy atom. The quantitative estimate of drug-likeness (QED) is 0.523. The molecule has 0 radical (unpaired) electrons. The van der Waals surface area contributed by atoms with Gasteiger partial charge in [-0.1, -0.05) is 41.9 Å². The molecule has 136 valence electrons. The number of nitrogens with zero attached hydrogens (tertiary/aromatic N) is 2. The average Bonchev–Trinajstić information content (AvgIpc) is 2.98. The number of aromatic nitrogens is 2. The number of hydrogen-bond donors (Lipinski definition) is 1. The van der Waals surface area contributed by atoms with Crippen LogP contribution in [-0.4, -0.2) is 21.5 Å². The van der Waals surface area contributed by atoms with Crippen molar-refractivity contribution in [2.75, 3.05) is 5.32 Å². The van der Waals surface area contributed by atoms with E-state index >= 15 is 0 Å². The maximum absolute atomic E-state index is 12.4. The van der Waals surface area contributed by atoms with Crippen LogP contribution in [0.4, 0.5) is 5.69 Å². The van der Waals surface area contributed by atoms with E-state index in [-0.39, 0.29) is 11.7 Å². The number of ketones is 1. The molecule has 0 saturated carbocycles. The van der Waals surface area contributed by atoms with Crippen LogP contribution >= 0.6 is 11.6 Å². The molecule has 0 saturated heterocycles. The second kappa shape index (κ2) is 8.01. The molecule has 1 N–H and O–H groups in total. The molecular formula is C21H18ClN3O2. The molecule has 0 aliphatic carbocycles. The minimum atomic E-state index is -0.288. The highest BCUT2D eigenvalue weighted by atomic mass is 35.5. The molecule has 1 heterocycles. The third-order valence-corrected chi connectivity index (χ3v) is 4.30. The molecule has 1 amide bonds. The van der Waals surface area contributed by atoms with Crippen LogP contribution in [0.15, 0.2) is 60.8 Å². The number of nitrogens with one attached hydrogen (secondary N) is 1. The largest absolute Gasteiger partial charge is 0.322 e. The zero-order chi connectivity index (χ0) is 19.4. The zero-order valence-corrected chi connectivity index (χ0v) is 15.7. The Hall–Kier alpha value is -3.18. The molecule has 0 spiro atoms. The van der Waals surface area contributed by atoms with Gasteiger partial charge in [0.2, 0.25) is 0 Å². The lowest BCUT2D eigenvalue weighted by Crippen LogP contribution is -2.12. The lowest BCUT2D eigenvalue weighted by atomic mass is 10.1. The topological polar surface area (TPSA) is 64.0 Å². The molecule has 0 aliphatic heterocycles. The van der Waals surface area contributed by atoms with Gasteiger partial charge in [0.25, 0.3) is 5.91 Å². The number of benzene rings is 2. The Labute approximate surface area is 162 Å². The maximum atomic E-state index is 12.4.